The maximum atomic E-state index is 13.3. The molecule has 0 aliphatic carbocycles. The van der Waals surface area contributed by atoms with Crippen LogP contribution in [0, 0.1) is 11.6 Å². The van der Waals surface area contributed by atoms with E-state index in [1.54, 1.807) is 7.05 Å². The zero-order chi connectivity index (χ0) is 13.1. The summed E-state index contributed by atoms with van der Waals surface area (Å²) >= 11 is 1.43. The van der Waals surface area contributed by atoms with Crippen molar-refractivity contribution in [3.8, 4) is 0 Å². The first-order valence-corrected chi connectivity index (χ1v) is 6.24. The SMILES string of the molecule is CN1CCS/C1=N/C(=O)Nc1c(F)cccc1F. The summed E-state index contributed by atoms with van der Waals surface area (Å²) in [6.07, 6.45) is 0. The van der Waals surface area contributed by atoms with Gasteiger partial charge in [0.25, 0.3) is 0 Å². The molecular weight excluding hydrogens is 260 g/mol. The molecule has 7 heteroatoms. The molecule has 2 amide bonds. The Morgan fingerprint density at radius 2 is 2.11 bits per heavy atom. The van der Waals surface area contributed by atoms with Gasteiger partial charge in [0.05, 0.1) is 0 Å². The summed E-state index contributed by atoms with van der Waals surface area (Å²) < 4.78 is 26.6. The molecule has 0 unspecified atom stereocenters. The number of rotatable bonds is 1. The molecule has 0 saturated carbocycles. The zero-order valence-electron chi connectivity index (χ0n) is 9.61. The number of para-hydroxylation sites is 1. The number of amides is 2. The van der Waals surface area contributed by atoms with Crippen LogP contribution in [-0.2, 0) is 0 Å². The molecule has 0 aromatic heterocycles. The number of hydrogen-bond donors (Lipinski definition) is 1. The number of thioether (sulfide) groups is 1. The van der Waals surface area contributed by atoms with Crippen molar-refractivity contribution < 1.29 is 13.6 Å². The second kappa shape index (κ2) is 5.34. The standard InChI is InChI=1S/C11H11F2N3OS/c1-16-5-6-18-11(16)15-10(17)14-9-7(12)3-2-4-8(9)13/h2-4H,5-6H2,1H3,(H,14,17)/b15-11+. The number of nitrogens with one attached hydrogen (secondary N) is 1. The van der Waals surface area contributed by atoms with Crippen molar-refractivity contribution in [1.82, 2.24) is 4.90 Å². The number of hydrogen-bond acceptors (Lipinski definition) is 2. The van der Waals surface area contributed by atoms with Crippen molar-refractivity contribution >= 4 is 28.6 Å². The largest absolute Gasteiger partial charge is 0.353 e. The maximum Gasteiger partial charge on any atom is 0.347 e. The number of urea groups is 1. The molecule has 96 valence electrons. The average molecular weight is 271 g/mol. The summed E-state index contributed by atoms with van der Waals surface area (Å²) in [5.41, 5.74) is -0.475. The van der Waals surface area contributed by atoms with E-state index >= 15 is 0 Å². The lowest BCUT2D eigenvalue weighted by Gasteiger charge is -2.09. The van der Waals surface area contributed by atoms with Crippen LogP contribution in [0.5, 0.6) is 0 Å². The van der Waals surface area contributed by atoms with Gasteiger partial charge in [-0.05, 0) is 12.1 Å². The third-order valence-corrected chi connectivity index (χ3v) is 3.42. The Balaban J connectivity index is 2.12. The van der Waals surface area contributed by atoms with Crippen LogP contribution in [0.15, 0.2) is 23.2 Å². The average Bonchev–Trinajstić information content (AvgIpc) is 2.70. The van der Waals surface area contributed by atoms with Crippen molar-refractivity contribution in [1.29, 1.82) is 0 Å². The number of amidine groups is 1. The summed E-state index contributed by atoms with van der Waals surface area (Å²) in [5, 5.41) is 2.66. The number of halogens is 2. The summed E-state index contributed by atoms with van der Waals surface area (Å²) in [7, 11) is 1.80. The minimum Gasteiger partial charge on any atom is -0.353 e. The van der Waals surface area contributed by atoms with Gasteiger partial charge in [0.15, 0.2) is 5.17 Å². The second-order valence-corrected chi connectivity index (χ2v) is 4.75. The van der Waals surface area contributed by atoms with Gasteiger partial charge in [0.1, 0.15) is 17.3 Å². The monoisotopic (exact) mass is 271 g/mol. The van der Waals surface area contributed by atoms with Gasteiger partial charge < -0.3 is 10.2 Å². The molecule has 1 aliphatic heterocycles. The molecule has 1 aliphatic rings. The molecule has 1 fully saturated rings. The van der Waals surface area contributed by atoms with Crippen LogP contribution in [0.3, 0.4) is 0 Å². The molecule has 1 aromatic rings. The number of aliphatic imine (C=N–C) groups is 1. The normalized spacial score (nSPS) is 17.3. The van der Waals surface area contributed by atoms with Crippen LogP contribution in [0.4, 0.5) is 19.3 Å². The van der Waals surface area contributed by atoms with Crippen molar-refractivity contribution in [2.75, 3.05) is 24.7 Å². The number of carbonyl (C=O) groups is 1. The van der Waals surface area contributed by atoms with Crippen LogP contribution in [0.2, 0.25) is 0 Å². The fourth-order valence-electron chi connectivity index (χ4n) is 1.44. The quantitative estimate of drug-likeness (QED) is 0.853. The van der Waals surface area contributed by atoms with E-state index in [-0.39, 0.29) is 0 Å². The van der Waals surface area contributed by atoms with Crippen molar-refractivity contribution in [3.05, 3.63) is 29.8 Å². The molecule has 0 atom stereocenters. The van der Waals surface area contributed by atoms with Crippen LogP contribution in [-0.4, -0.2) is 35.4 Å². The first kappa shape index (κ1) is 12.8. The first-order valence-electron chi connectivity index (χ1n) is 5.25. The Bertz CT molecular complexity index is 487. The summed E-state index contributed by atoms with van der Waals surface area (Å²) in [5.74, 6) is -0.802. The van der Waals surface area contributed by atoms with Crippen molar-refractivity contribution in [2.45, 2.75) is 0 Å². The Morgan fingerprint density at radius 1 is 1.44 bits per heavy atom. The van der Waals surface area contributed by atoms with E-state index in [2.05, 4.69) is 10.3 Å². The lowest BCUT2D eigenvalue weighted by Crippen LogP contribution is -2.21. The lowest BCUT2D eigenvalue weighted by atomic mass is 10.3. The van der Waals surface area contributed by atoms with Gasteiger partial charge >= 0.3 is 6.03 Å². The summed E-state index contributed by atoms with van der Waals surface area (Å²) in [6.45, 7) is 0.796. The van der Waals surface area contributed by atoms with Crippen molar-refractivity contribution in [3.63, 3.8) is 0 Å². The second-order valence-electron chi connectivity index (χ2n) is 3.69. The highest BCUT2D eigenvalue weighted by molar-refractivity contribution is 8.14. The highest BCUT2D eigenvalue weighted by Crippen LogP contribution is 2.19. The molecule has 2 rings (SSSR count). The lowest BCUT2D eigenvalue weighted by molar-refractivity contribution is 0.259. The van der Waals surface area contributed by atoms with Gasteiger partial charge in [-0.3, -0.25) is 0 Å². The van der Waals surface area contributed by atoms with Gasteiger partial charge in [-0.1, -0.05) is 17.8 Å². The maximum absolute atomic E-state index is 13.3. The van der Waals surface area contributed by atoms with E-state index in [0.717, 1.165) is 24.4 Å². The smallest absolute Gasteiger partial charge is 0.347 e. The van der Waals surface area contributed by atoms with E-state index in [9.17, 15) is 13.6 Å². The molecule has 1 heterocycles. The molecule has 0 spiro atoms. The molecular formula is C11H11F2N3OS. The zero-order valence-corrected chi connectivity index (χ0v) is 10.4. The fraction of sp³-hybridized carbons (Fsp3) is 0.273. The molecule has 1 aromatic carbocycles. The molecule has 18 heavy (non-hydrogen) atoms. The van der Waals surface area contributed by atoms with Crippen molar-refractivity contribution in [2.24, 2.45) is 4.99 Å². The predicted molar refractivity (Wildman–Crippen MR) is 67.9 cm³/mol. The number of nitrogens with zero attached hydrogens (tertiary/aromatic N) is 2. The van der Waals surface area contributed by atoms with Gasteiger partial charge in [-0.15, -0.1) is 0 Å². The van der Waals surface area contributed by atoms with Crippen LogP contribution < -0.4 is 5.32 Å². The molecule has 4 nitrogen and oxygen atoms in total. The fourth-order valence-corrected chi connectivity index (χ4v) is 2.44. The van der Waals surface area contributed by atoms with E-state index < -0.39 is 23.4 Å². The Hall–Kier alpha value is -1.63. The first-order chi connectivity index (χ1) is 8.58. The summed E-state index contributed by atoms with van der Waals surface area (Å²) in [4.78, 5) is 17.1. The summed E-state index contributed by atoms with van der Waals surface area (Å²) in [6, 6.07) is 2.59. The number of benzene rings is 1. The van der Waals surface area contributed by atoms with E-state index in [0.29, 0.717) is 5.17 Å². The third kappa shape index (κ3) is 2.79. The third-order valence-electron chi connectivity index (χ3n) is 2.38. The van der Waals surface area contributed by atoms with Gasteiger partial charge in [0, 0.05) is 19.3 Å². The Morgan fingerprint density at radius 3 is 2.67 bits per heavy atom. The highest BCUT2D eigenvalue weighted by Gasteiger charge is 2.17. The molecule has 1 N–H and O–H groups in total. The van der Waals surface area contributed by atoms with E-state index in [4.69, 9.17) is 0 Å². The van der Waals surface area contributed by atoms with E-state index in [1.165, 1.54) is 17.8 Å². The van der Waals surface area contributed by atoms with E-state index in [1.807, 2.05) is 4.90 Å². The van der Waals surface area contributed by atoms with Gasteiger partial charge in [0.2, 0.25) is 0 Å². The molecule has 0 bridgehead atoms. The molecule has 0 radical (unpaired) electrons. The number of anilines is 1. The van der Waals surface area contributed by atoms with Gasteiger partial charge in [-0.25, -0.2) is 13.6 Å². The predicted octanol–water partition coefficient (Wildman–Crippen LogP) is 2.53. The van der Waals surface area contributed by atoms with Gasteiger partial charge in [-0.2, -0.15) is 4.99 Å². The van der Waals surface area contributed by atoms with Crippen LogP contribution in [0.1, 0.15) is 0 Å². The number of carbonyl (C=O) groups excluding carboxylic acids is 1. The Labute approximate surface area is 107 Å². The highest BCUT2D eigenvalue weighted by atomic mass is 32.2. The topological polar surface area (TPSA) is 44.7 Å². The minimum absolute atomic E-state index is 0.475. The minimum atomic E-state index is -0.823. The van der Waals surface area contributed by atoms with Crippen LogP contribution >= 0.6 is 11.8 Å². The Kier molecular flexibility index (Phi) is 3.81. The molecule has 1 saturated heterocycles. The van der Waals surface area contributed by atoms with Crippen LogP contribution in [0.25, 0.3) is 0 Å².